The summed E-state index contributed by atoms with van der Waals surface area (Å²) >= 11 is 0. The number of nitrogens with one attached hydrogen (secondary N) is 1. The van der Waals surface area contributed by atoms with Crippen LogP contribution in [0.3, 0.4) is 0 Å². The van der Waals surface area contributed by atoms with E-state index < -0.39 is 17.7 Å². The minimum absolute atomic E-state index is 0. The molecular formula is C13H8F3N2NaO2. The topological polar surface area (TPSA) is 65.0 Å². The van der Waals surface area contributed by atoms with E-state index in [9.17, 15) is 23.1 Å². The van der Waals surface area contributed by atoms with Crippen LogP contribution in [0.4, 0.5) is 24.5 Å². The van der Waals surface area contributed by atoms with Crippen molar-refractivity contribution in [2.75, 3.05) is 5.32 Å². The van der Waals surface area contributed by atoms with Gasteiger partial charge in [-0.25, -0.2) is 0 Å². The fourth-order valence-corrected chi connectivity index (χ4v) is 1.59. The van der Waals surface area contributed by atoms with Crippen molar-refractivity contribution in [1.29, 1.82) is 0 Å². The van der Waals surface area contributed by atoms with Crippen LogP contribution in [0.2, 0.25) is 0 Å². The summed E-state index contributed by atoms with van der Waals surface area (Å²) in [5, 5.41) is 13.5. The monoisotopic (exact) mass is 304 g/mol. The fraction of sp³-hybridized carbons (Fsp3) is 0.0769. The number of carboxylic acids is 1. The Labute approximate surface area is 140 Å². The van der Waals surface area contributed by atoms with Gasteiger partial charge in [0, 0.05) is 23.6 Å². The van der Waals surface area contributed by atoms with Crippen LogP contribution in [0.25, 0.3) is 0 Å². The van der Waals surface area contributed by atoms with Crippen molar-refractivity contribution >= 4 is 17.3 Å². The molecule has 2 rings (SSSR count). The van der Waals surface area contributed by atoms with Crippen LogP contribution in [0, 0.1) is 0 Å². The maximum Gasteiger partial charge on any atom is 1.00 e. The van der Waals surface area contributed by atoms with E-state index in [1.807, 2.05) is 0 Å². The molecule has 0 aliphatic rings. The Bertz CT molecular complexity index is 647. The van der Waals surface area contributed by atoms with Crippen molar-refractivity contribution in [2.24, 2.45) is 0 Å². The van der Waals surface area contributed by atoms with Gasteiger partial charge < -0.3 is 15.2 Å². The molecule has 0 unspecified atom stereocenters. The van der Waals surface area contributed by atoms with Crippen LogP contribution < -0.4 is 40.0 Å². The molecule has 1 heterocycles. The fourth-order valence-electron chi connectivity index (χ4n) is 1.59. The first kappa shape index (κ1) is 17.5. The standard InChI is InChI=1S/C13H9F3N2O2.Na/c14-13(15,16)8-2-1-3-9(6-8)18-11-4-5-17-7-10(11)12(19)20;/h1-7H,(H,17,18)(H,19,20);/q;+1/p-1. The molecule has 104 valence electrons. The molecule has 0 spiro atoms. The Kier molecular flexibility index (Phi) is 5.77. The number of nitrogens with zero attached hydrogens (tertiary/aromatic N) is 1. The second kappa shape index (κ2) is 6.93. The van der Waals surface area contributed by atoms with Crippen molar-refractivity contribution in [2.45, 2.75) is 6.18 Å². The van der Waals surface area contributed by atoms with Gasteiger partial charge in [0.2, 0.25) is 0 Å². The van der Waals surface area contributed by atoms with Crippen LogP contribution in [-0.2, 0) is 6.18 Å². The summed E-state index contributed by atoms with van der Waals surface area (Å²) in [5.74, 6) is -1.47. The Morgan fingerprint density at radius 1 is 1.24 bits per heavy atom. The van der Waals surface area contributed by atoms with Gasteiger partial charge in [-0.15, -0.1) is 0 Å². The van der Waals surface area contributed by atoms with Gasteiger partial charge >= 0.3 is 35.7 Å². The van der Waals surface area contributed by atoms with Gasteiger partial charge in [0.15, 0.2) is 0 Å². The average molecular weight is 304 g/mol. The molecule has 2 aromatic rings. The molecule has 0 aliphatic carbocycles. The maximum atomic E-state index is 12.6. The summed E-state index contributed by atoms with van der Waals surface area (Å²) in [6.07, 6.45) is -2.08. The molecule has 0 radical (unpaired) electrons. The number of alkyl halides is 3. The average Bonchev–Trinajstić information content (AvgIpc) is 2.38. The largest absolute Gasteiger partial charge is 1.00 e. The van der Waals surface area contributed by atoms with Crippen LogP contribution >= 0.6 is 0 Å². The first-order valence-electron chi connectivity index (χ1n) is 5.47. The molecule has 1 aromatic carbocycles. The number of hydrogen-bond acceptors (Lipinski definition) is 4. The summed E-state index contributed by atoms with van der Waals surface area (Å²) in [5.41, 5.74) is -0.829. The molecule has 0 saturated carbocycles. The third-order valence-corrected chi connectivity index (χ3v) is 2.51. The number of halogens is 3. The first-order valence-corrected chi connectivity index (χ1v) is 5.47. The molecule has 1 aromatic heterocycles. The number of aromatic nitrogens is 1. The Morgan fingerprint density at radius 2 is 1.95 bits per heavy atom. The maximum absolute atomic E-state index is 12.6. The number of anilines is 2. The van der Waals surface area contributed by atoms with Crippen molar-refractivity contribution in [3.63, 3.8) is 0 Å². The van der Waals surface area contributed by atoms with Crippen molar-refractivity contribution < 1.29 is 52.6 Å². The number of rotatable bonds is 3. The molecule has 21 heavy (non-hydrogen) atoms. The molecule has 0 saturated heterocycles. The summed E-state index contributed by atoms with van der Waals surface area (Å²) in [6, 6.07) is 5.78. The molecule has 0 atom stereocenters. The van der Waals surface area contributed by atoms with E-state index in [1.165, 1.54) is 24.4 Å². The van der Waals surface area contributed by atoms with Gasteiger partial charge in [-0.1, -0.05) is 6.07 Å². The molecule has 0 fully saturated rings. The van der Waals surface area contributed by atoms with Crippen LogP contribution in [-0.4, -0.2) is 11.0 Å². The van der Waals surface area contributed by atoms with E-state index in [-0.39, 0.29) is 46.5 Å². The van der Waals surface area contributed by atoms with Gasteiger partial charge in [0.25, 0.3) is 0 Å². The van der Waals surface area contributed by atoms with Crippen molar-refractivity contribution in [3.05, 3.63) is 53.9 Å². The predicted octanol–water partition coefficient (Wildman–Crippen LogP) is -0.789. The third-order valence-electron chi connectivity index (χ3n) is 2.51. The Balaban J connectivity index is 0.00000220. The number of benzene rings is 1. The molecule has 8 heteroatoms. The van der Waals surface area contributed by atoms with E-state index >= 15 is 0 Å². The summed E-state index contributed by atoms with van der Waals surface area (Å²) in [7, 11) is 0. The molecule has 0 bridgehead atoms. The zero-order valence-electron chi connectivity index (χ0n) is 10.9. The van der Waals surface area contributed by atoms with Gasteiger partial charge in [0.1, 0.15) is 0 Å². The summed E-state index contributed by atoms with van der Waals surface area (Å²) in [4.78, 5) is 14.5. The molecule has 1 N–H and O–H groups in total. The third kappa shape index (κ3) is 4.45. The molecule has 4 nitrogen and oxygen atoms in total. The molecule has 0 amide bonds. The van der Waals surface area contributed by atoms with Gasteiger partial charge in [-0.2, -0.15) is 13.2 Å². The summed E-state index contributed by atoms with van der Waals surface area (Å²) < 4.78 is 37.7. The van der Waals surface area contributed by atoms with Gasteiger partial charge in [0.05, 0.1) is 17.2 Å². The van der Waals surface area contributed by atoms with Gasteiger partial charge in [-0.05, 0) is 24.3 Å². The number of carbonyl (C=O) groups excluding carboxylic acids is 1. The zero-order chi connectivity index (χ0) is 14.8. The van der Waals surface area contributed by atoms with E-state index in [1.54, 1.807) is 0 Å². The SMILES string of the molecule is O=C([O-])c1cnccc1Nc1cccc(C(F)(F)F)c1.[Na+]. The smallest absolute Gasteiger partial charge is 0.545 e. The van der Waals surface area contributed by atoms with Crippen molar-refractivity contribution in [1.82, 2.24) is 4.98 Å². The Morgan fingerprint density at radius 3 is 2.57 bits per heavy atom. The van der Waals surface area contributed by atoms with E-state index in [0.29, 0.717) is 0 Å². The predicted molar refractivity (Wildman–Crippen MR) is 63.3 cm³/mol. The zero-order valence-corrected chi connectivity index (χ0v) is 12.9. The van der Waals surface area contributed by atoms with Crippen LogP contribution in [0.5, 0.6) is 0 Å². The molecular weight excluding hydrogens is 296 g/mol. The second-order valence-electron chi connectivity index (χ2n) is 3.91. The second-order valence-corrected chi connectivity index (χ2v) is 3.91. The van der Waals surface area contributed by atoms with E-state index in [4.69, 9.17) is 0 Å². The Hall–Kier alpha value is -1.57. The quantitative estimate of drug-likeness (QED) is 0.755. The normalized spacial score (nSPS) is 10.6. The number of pyridine rings is 1. The summed E-state index contributed by atoms with van der Waals surface area (Å²) in [6.45, 7) is 0. The van der Waals surface area contributed by atoms with E-state index in [2.05, 4.69) is 10.3 Å². The van der Waals surface area contributed by atoms with Gasteiger partial charge in [-0.3, -0.25) is 4.98 Å². The number of carbonyl (C=O) groups is 1. The van der Waals surface area contributed by atoms with E-state index in [0.717, 1.165) is 18.3 Å². The van der Waals surface area contributed by atoms with Crippen LogP contribution in [0.15, 0.2) is 42.7 Å². The molecule has 0 aliphatic heterocycles. The number of hydrogen-bond donors (Lipinski definition) is 1. The first-order chi connectivity index (χ1) is 9.38. The minimum atomic E-state index is -4.47. The number of aromatic carboxylic acids is 1. The van der Waals surface area contributed by atoms with Crippen molar-refractivity contribution in [3.8, 4) is 0 Å². The number of carboxylic acid groups (broad SMARTS) is 1. The van der Waals surface area contributed by atoms with Crippen LogP contribution in [0.1, 0.15) is 15.9 Å². The minimum Gasteiger partial charge on any atom is -0.545 e.